The van der Waals surface area contributed by atoms with Crippen molar-refractivity contribution in [1.82, 2.24) is 24.9 Å². The molecule has 186 valence electrons. The number of carbonyl (C=O) groups excluding carboxylic acids is 1. The van der Waals surface area contributed by atoms with E-state index in [2.05, 4.69) is 27.3 Å². The van der Waals surface area contributed by atoms with Gasteiger partial charge in [-0.25, -0.2) is 9.78 Å². The monoisotopic (exact) mass is 489 g/mol. The Labute approximate surface area is 207 Å². The fourth-order valence-electron chi connectivity index (χ4n) is 4.78. The fraction of sp³-hybridized carbons (Fsp3) is 0.385. The van der Waals surface area contributed by atoms with Crippen LogP contribution in [0.4, 0.5) is 4.79 Å². The van der Waals surface area contributed by atoms with Gasteiger partial charge in [-0.3, -0.25) is 4.79 Å². The smallest absolute Gasteiger partial charge is 0.404 e. The SMILES string of the molecule is C[C@H](O)c1nccn1Cc1cc(-c2ccc(C#CC3[C@H]4CN(C(=O)CCNC(=O)O)C[C@@H]34)cc2)on1. The number of aliphatic hydroxyl groups is 1. The lowest BCUT2D eigenvalue weighted by atomic mass is 10.1. The molecule has 5 rings (SSSR count). The van der Waals surface area contributed by atoms with E-state index in [1.807, 2.05) is 39.8 Å². The summed E-state index contributed by atoms with van der Waals surface area (Å²) < 4.78 is 7.35. The highest BCUT2D eigenvalue weighted by atomic mass is 16.5. The van der Waals surface area contributed by atoms with Crippen molar-refractivity contribution >= 4 is 12.0 Å². The summed E-state index contributed by atoms with van der Waals surface area (Å²) in [6.07, 6.45) is 1.86. The fourth-order valence-corrected chi connectivity index (χ4v) is 4.78. The number of piperidine rings is 1. The van der Waals surface area contributed by atoms with Gasteiger partial charge >= 0.3 is 6.09 Å². The first-order valence-corrected chi connectivity index (χ1v) is 11.9. The van der Waals surface area contributed by atoms with Gasteiger partial charge in [-0.2, -0.15) is 0 Å². The molecule has 36 heavy (non-hydrogen) atoms. The molecule has 1 unspecified atom stereocenters. The summed E-state index contributed by atoms with van der Waals surface area (Å²) >= 11 is 0. The molecule has 1 saturated carbocycles. The van der Waals surface area contributed by atoms with Crippen molar-refractivity contribution in [3.63, 3.8) is 0 Å². The maximum absolute atomic E-state index is 12.2. The van der Waals surface area contributed by atoms with E-state index in [0.29, 0.717) is 49.0 Å². The Morgan fingerprint density at radius 1 is 1.25 bits per heavy atom. The van der Waals surface area contributed by atoms with Gasteiger partial charge < -0.3 is 29.5 Å². The standard InChI is InChI=1S/C26H27N5O5/c1-16(32)25-27-10-11-30(25)13-19-12-23(36-29-19)18-5-2-17(3-6-18)4-7-20-21-14-31(15-22(20)21)24(33)8-9-28-26(34)35/h2-3,5-6,10-12,16,20-22,28,32H,8-9,13-15H2,1H3,(H,34,35)/t16-,20?,21-,22+/m0/s1. The molecule has 10 nitrogen and oxygen atoms in total. The van der Waals surface area contributed by atoms with E-state index in [4.69, 9.17) is 9.63 Å². The van der Waals surface area contributed by atoms with E-state index in [-0.39, 0.29) is 18.9 Å². The van der Waals surface area contributed by atoms with Gasteiger partial charge in [0.2, 0.25) is 5.91 Å². The lowest BCUT2D eigenvalue weighted by Gasteiger charge is -2.18. The van der Waals surface area contributed by atoms with Crippen LogP contribution in [0.25, 0.3) is 11.3 Å². The minimum atomic E-state index is -1.11. The Hall–Kier alpha value is -4.10. The van der Waals surface area contributed by atoms with Crippen LogP contribution in [0.3, 0.4) is 0 Å². The van der Waals surface area contributed by atoms with Gasteiger partial charge in [-0.05, 0) is 43.0 Å². The summed E-state index contributed by atoms with van der Waals surface area (Å²) in [5, 5.41) is 24.8. The van der Waals surface area contributed by atoms with Crippen molar-refractivity contribution in [3.05, 3.63) is 59.8 Å². The first-order chi connectivity index (χ1) is 17.4. The molecule has 2 aliphatic rings. The summed E-state index contributed by atoms with van der Waals surface area (Å²) in [6.45, 7) is 3.66. The molecule has 4 atom stereocenters. The van der Waals surface area contributed by atoms with E-state index < -0.39 is 12.2 Å². The Balaban J connectivity index is 1.13. The molecule has 2 aromatic heterocycles. The maximum atomic E-state index is 12.2. The van der Waals surface area contributed by atoms with Crippen molar-refractivity contribution in [2.45, 2.75) is 26.0 Å². The number of amides is 2. The summed E-state index contributed by atoms with van der Waals surface area (Å²) in [5.74, 6) is 8.94. The van der Waals surface area contributed by atoms with Gasteiger partial charge in [-0.1, -0.05) is 17.0 Å². The molecule has 1 aromatic carbocycles. The van der Waals surface area contributed by atoms with E-state index in [0.717, 1.165) is 16.8 Å². The number of nitrogens with one attached hydrogen (secondary N) is 1. The molecule has 0 spiro atoms. The number of fused-ring (bicyclic) bond motifs is 1. The molecule has 1 saturated heterocycles. The number of benzene rings is 1. The number of rotatable bonds is 7. The Morgan fingerprint density at radius 3 is 2.69 bits per heavy atom. The lowest BCUT2D eigenvalue weighted by Crippen LogP contribution is -2.34. The number of aromatic nitrogens is 3. The Bertz CT molecular complexity index is 1300. The summed E-state index contributed by atoms with van der Waals surface area (Å²) in [4.78, 5) is 28.7. The second-order valence-electron chi connectivity index (χ2n) is 9.25. The van der Waals surface area contributed by atoms with Gasteiger partial charge in [0, 0.05) is 61.6 Å². The maximum Gasteiger partial charge on any atom is 0.404 e. The predicted molar refractivity (Wildman–Crippen MR) is 128 cm³/mol. The van der Waals surface area contributed by atoms with Crippen LogP contribution in [-0.4, -0.2) is 61.5 Å². The lowest BCUT2D eigenvalue weighted by molar-refractivity contribution is -0.130. The third kappa shape index (κ3) is 5.11. The van der Waals surface area contributed by atoms with Gasteiger partial charge in [0.25, 0.3) is 0 Å². The first kappa shape index (κ1) is 23.6. The topological polar surface area (TPSA) is 134 Å². The number of nitrogens with zero attached hydrogens (tertiary/aromatic N) is 4. The van der Waals surface area contributed by atoms with Gasteiger partial charge in [-0.15, -0.1) is 0 Å². The molecular weight excluding hydrogens is 462 g/mol. The molecule has 2 amide bonds. The molecule has 3 heterocycles. The van der Waals surface area contributed by atoms with Crippen LogP contribution in [0.15, 0.2) is 47.2 Å². The zero-order valence-corrected chi connectivity index (χ0v) is 19.8. The second-order valence-corrected chi connectivity index (χ2v) is 9.25. The Kier molecular flexibility index (Phi) is 6.48. The number of aliphatic hydroxyl groups excluding tert-OH is 1. The molecule has 1 aliphatic heterocycles. The number of imidazole rings is 1. The highest BCUT2D eigenvalue weighted by Gasteiger charge is 2.55. The van der Waals surface area contributed by atoms with Crippen LogP contribution in [0.2, 0.25) is 0 Å². The second kappa shape index (κ2) is 9.87. The molecular formula is C26H27N5O5. The highest BCUT2D eigenvalue weighted by molar-refractivity contribution is 5.77. The quantitative estimate of drug-likeness (QED) is 0.434. The van der Waals surface area contributed by atoms with Crippen molar-refractivity contribution in [3.8, 4) is 23.2 Å². The van der Waals surface area contributed by atoms with Crippen molar-refractivity contribution in [1.29, 1.82) is 0 Å². The van der Waals surface area contributed by atoms with E-state index in [9.17, 15) is 14.7 Å². The number of hydrogen-bond donors (Lipinski definition) is 3. The van der Waals surface area contributed by atoms with Crippen molar-refractivity contribution in [2.24, 2.45) is 17.8 Å². The van der Waals surface area contributed by atoms with Crippen molar-refractivity contribution in [2.75, 3.05) is 19.6 Å². The van der Waals surface area contributed by atoms with Crippen LogP contribution < -0.4 is 5.32 Å². The van der Waals surface area contributed by atoms with Gasteiger partial charge in [0.15, 0.2) is 5.76 Å². The van der Waals surface area contributed by atoms with Crippen LogP contribution in [0.5, 0.6) is 0 Å². The summed E-state index contributed by atoms with van der Waals surface area (Å²) in [5.41, 5.74) is 2.55. The molecule has 1 aliphatic carbocycles. The number of likely N-dealkylation sites (tertiary alicyclic amines) is 1. The largest absolute Gasteiger partial charge is 0.465 e. The minimum Gasteiger partial charge on any atom is -0.465 e. The molecule has 2 fully saturated rings. The van der Waals surface area contributed by atoms with E-state index >= 15 is 0 Å². The average molecular weight is 490 g/mol. The normalized spacial score (nSPS) is 20.8. The average Bonchev–Trinajstić information content (AvgIpc) is 3.34. The molecule has 0 radical (unpaired) electrons. The highest BCUT2D eigenvalue weighted by Crippen LogP contribution is 2.51. The third-order valence-corrected chi connectivity index (χ3v) is 6.73. The summed E-state index contributed by atoms with van der Waals surface area (Å²) in [7, 11) is 0. The van der Waals surface area contributed by atoms with Crippen LogP contribution in [0.1, 0.15) is 36.5 Å². The van der Waals surface area contributed by atoms with E-state index in [1.165, 1.54) is 0 Å². The summed E-state index contributed by atoms with van der Waals surface area (Å²) in [6, 6.07) is 9.69. The zero-order chi connectivity index (χ0) is 25.2. The minimum absolute atomic E-state index is 0.0118. The number of carboxylic acid groups (broad SMARTS) is 1. The first-order valence-electron chi connectivity index (χ1n) is 11.9. The molecule has 3 N–H and O–H groups in total. The number of carbonyl (C=O) groups is 2. The van der Waals surface area contributed by atoms with E-state index in [1.54, 1.807) is 19.3 Å². The van der Waals surface area contributed by atoms with Gasteiger partial charge in [0.1, 0.15) is 17.6 Å². The van der Waals surface area contributed by atoms with Gasteiger partial charge in [0.05, 0.1) is 6.54 Å². The Morgan fingerprint density at radius 2 is 2.00 bits per heavy atom. The van der Waals surface area contributed by atoms with Crippen LogP contribution >= 0.6 is 0 Å². The number of hydrogen-bond acceptors (Lipinski definition) is 6. The molecule has 3 aromatic rings. The van der Waals surface area contributed by atoms with Crippen molar-refractivity contribution < 1.29 is 24.3 Å². The predicted octanol–water partition coefficient (Wildman–Crippen LogP) is 2.35. The third-order valence-electron chi connectivity index (χ3n) is 6.73. The van der Waals surface area contributed by atoms with Crippen LogP contribution in [0, 0.1) is 29.6 Å². The molecule has 0 bridgehead atoms. The van der Waals surface area contributed by atoms with Crippen LogP contribution in [-0.2, 0) is 11.3 Å². The molecule has 10 heteroatoms. The zero-order valence-electron chi connectivity index (χ0n) is 19.8.